The molecule has 0 fully saturated rings. The number of hydrogen-bond acceptors (Lipinski definition) is 5. The molecule has 1 N–H and O–H groups in total. The van der Waals surface area contributed by atoms with Gasteiger partial charge in [0.1, 0.15) is 10.8 Å². The van der Waals surface area contributed by atoms with Crippen LogP contribution in [0.25, 0.3) is 0 Å². The number of nitrogens with zero attached hydrogens (tertiary/aromatic N) is 2. The van der Waals surface area contributed by atoms with E-state index in [0.717, 1.165) is 36.4 Å². The van der Waals surface area contributed by atoms with E-state index in [-0.39, 0.29) is 5.91 Å². The van der Waals surface area contributed by atoms with Gasteiger partial charge in [-0.25, -0.2) is 0 Å². The molecule has 27 heavy (non-hydrogen) atoms. The Labute approximate surface area is 163 Å². The molecule has 1 heterocycles. The van der Waals surface area contributed by atoms with Crippen LogP contribution in [0.2, 0.25) is 0 Å². The quantitative estimate of drug-likeness (QED) is 0.600. The van der Waals surface area contributed by atoms with Crippen LogP contribution in [0.15, 0.2) is 54.6 Å². The highest BCUT2D eigenvalue weighted by atomic mass is 32.1. The first-order chi connectivity index (χ1) is 13.2. The smallest absolute Gasteiger partial charge is 0.226 e. The third kappa shape index (κ3) is 6.18. The summed E-state index contributed by atoms with van der Waals surface area (Å²) in [5.41, 5.74) is 2.47. The Hall–Kier alpha value is -2.73. The predicted molar refractivity (Wildman–Crippen MR) is 108 cm³/mol. The van der Waals surface area contributed by atoms with Crippen molar-refractivity contribution >= 4 is 22.4 Å². The number of anilines is 1. The highest BCUT2D eigenvalue weighted by Crippen LogP contribution is 2.19. The summed E-state index contributed by atoms with van der Waals surface area (Å²) < 4.78 is 5.16. The van der Waals surface area contributed by atoms with E-state index in [1.807, 2.05) is 30.3 Å². The molecule has 1 aromatic heterocycles. The summed E-state index contributed by atoms with van der Waals surface area (Å²) in [5, 5.41) is 12.6. The highest BCUT2D eigenvalue weighted by Gasteiger charge is 2.08. The molecule has 3 aromatic rings. The minimum absolute atomic E-state index is 0.0104. The van der Waals surface area contributed by atoms with Crippen LogP contribution in [0.4, 0.5) is 5.13 Å². The van der Waals surface area contributed by atoms with Crippen LogP contribution in [-0.2, 0) is 24.1 Å². The first kappa shape index (κ1) is 19.0. The number of aryl methyl sites for hydroxylation is 3. The first-order valence-electron chi connectivity index (χ1n) is 9.02. The minimum atomic E-state index is -0.0104. The highest BCUT2D eigenvalue weighted by molar-refractivity contribution is 7.15. The lowest BCUT2D eigenvalue weighted by Gasteiger charge is -2.02. The fraction of sp³-hybridized carbons (Fsp3) is 0.286. The second-order valence-electron chi connectivity index (χ2n) is 6.24. The lowest BCUT2D eigenvalue weighted by atomic mass is 10.1. The van der Waals surface area contributed by atoms with E-state index in [1.165, 1.54) is 22.5 Å². The van der Waals surface area contributed by atoms with Crippen molar-refractivity contribution in [1.82, 2.24) is 10.2 Å². The van der Waals surface area contributed by atoms with Crippen LogP contribution in [0.1, 0.15) is 29.0 Å². The average molecular weight is 382 g/mol. The lowest BCUT2D eigenvalue weighted by molar-refractivity contribution is -0.116. The molecule has 0 saturated heterocycles. The van der Waals surface area contributed by atoms with E-state index >= 15 is 0 Å². The Kier molecular flexibility index (Phi) is 6.93. The SMILES string of the molecule is COc1ccc(CCc2nnc(NC(=O)CCCc3ccccc3)s2)cc1. The minimum Gasteiger partial charge on any atom is -0.497 e. The van der Waals surface area contributed by atoms with Crippen molar-refractivity contribution in [2.75, 3.05) is 12.4 Å². The van der Waals surface area contributed by atoms with Gasteiger partial charge < -0.3 is 10.1 Å². The van der Waals surface area contributed by atoms with Gasteiger partial charge in [-0.05, 0) is 42.5 Å². The van der Waals surface area contributed by atoms with Crippen molar-refractivity contribution in [3.63, 3.8) is 0 Å². The fourth-order valence-electron chi connectivity index (χ4n) is 2.73. The Bertz CT molecular complexity index is 847. The largest absolute Gasteiger partial charge is 0.497 e. The second-order valence-corrected chi connectivity index (χ2v) is 7.30. The average Bonchev–Trinajstić information content (AvgIpc) is 3.15. The standard InChI is InChI=1S/C21H23N3O2S/c1-26-18-13-10-17(11-14-18)12-15-20-23-24-21(27-20)22-19(25)9-5-8-16-6-3-2-4-7-16/h2-4,6-7,10-11,13-14H,5,8-9,12,15H2,1H3,(H,22,24,25). The molecule has 0 radical (unpaired) electrons. The van der Waals surface area contributed by atoms with Crippen molar-refractivity contribution in [3.05, 3.63) is 70.7 Å². The van der Waals surface area contributed by atoms with E-state index in [2.05, 4.69) is 39.8 Å². The monoisotopic (exact) mass is 381 g/mol. The van der Waals surface area contributed by atoms with Gasteiger partial charge >= 0.3 is 0 Å². The number of amides is 1. The Morgan fingerprint density at radius 3 is 2.44 bits per heavy atom. The summed E-state index contributed by atoms with van der Waals surface area (Å²) in [6, 6.07) is 18.2. The molecule has 0 aliphatic carbocycles. The Morgan fingerprint density at radius 1 is 0.963 bits per heavy atom. The molecular weight excluding hydrogens is 358 g/mol. The summed E-state index contributed by atoms with van der Waals surface area (Å²) in [6.07, 6.45) is 3.88. The fourth-order valence-corrected chi connectivity index (χ4v) is 3.48. The first-order valence-corrected chi connectivity index (χ1v) is 9.83. The number of nitrogens with one attached hydrogen (secondary N) is 1. The molecule has 0 aliphatic rings. The van der Waals surface area contributed by atoms with Crippen molar-refractivity contribution in [2.24, 2.45) is 0 Å². The molecule has 0 saturated carbocycles. The predicted octanol–water partition coefficient (Wildman–Crippen LogP) is 4.29. The van der Waals surface area contributed by atoms with Crippen LogP contribution >= 0.6 is 11.3 Å². The summed E-state index contributed by atoms with van der Waals surface area (Å²) in [5.74, 6) is 0.843. The third-order valence-electron chi connectivity index (χ3n) is 4.21. The Balaban J connectivity index is 1.41. The van der Waals surface area contributed by atoms with Gasteiger partial charge in [0.2, 0.25) is 11.0 Å². The lowest BCUT2D eigenvalue weighted by Crippen LogP contribution is -2.11. The van der Waals surface area contributed by atoms with Gasteiger partial charge in [-0.2, -0.15) is 0 Å². The van der Waals surface area contributed by atoms with Gasteiger partial charge in [0.15, 0.2) is 0 Å². The van der Waals surface area contributed by atoms with Gasteiger partial charge in [-0.15, -0.1) is 10.2 Å². The van der Waals surface area contributed by atoms with E-state index < -0.39 is 0 Å². The molecule has 6 heteroatoms. The molecule has 1 amide bonds. The number of carbonyl (C=O) groups excluding carboxylic acids is 1. The molecule has 0 aliphatic heterocycles. The van der Waals surface area contributed by atoms with E-state index in [4.69, 9.17) is 4.74 Å². The summed E-state index contributed by atoms with van der Waals surface area (Å²) >= 11 is 1.44. The van der Waals surface area contributed by atoms with Crippen LogP contribution in [0.3, 0.4) is 0 Å². The third-order valence-corrected chi connectivity index (χ3v) is 5.11. The van der Waals surface area contributed by atoms with Crippen LogP contribution in [0, 0.1) is 0 Å². The number of carbonyl (C=O) groups is 1. The number of rotatable bonds is 9. The maximum atomic E-state index is 12.1. The number of aromatic nitrogens is 2. The number of hydrogen-bond donors (Lipinski definition) is 1. The molecule has 0 spiro atoms. The molecule has 0 bridgehead atoms. The van der Waals surface area contributed by atoms with E-state index in [9.17, 15) is 4.79 Å². The molecule has 3 rings (SSSR count). The number of methoxy groups -OCH3 is 1. The van der Waals surface area contributed by atoms with Gasteiger partial charge in [-0.3, -0.25) is 4.79 Å². The van der Waals surface area contributed by atoms with Gasteiger partial charge in [0, 0.05) is 12.8 Å². The maximum Gasteiger partial charge on any atom is 0.226 e. The van der Waals surface area contributed by atoms with Crippen molar-refractivity contribution in [1.29, 1.82) is 0 Å². The maximum absolute atomic E-state index is 12.1. The van der Waals surface area contributed by atoms with Gasteiger partial charge in [0.05, 0.1) is 7.11 Å². The van der Waals surface area contributed by atoms with Crippen molar-refractivity contribution in [2.45, 2.75) is 32.1 Å². The number of benzene rings is 2. The molecule has 5 nitrogen and oxygen atoms in total. The van der Waals surface area contributed by atoms with Crippen molar-refractivity contribution in [3.8, 4) is 5.75 Å². The zero-order valence-corrected chi connectivity index (χ0v) is 16.2. The molecule has 140 valence electrons. The summed E-state index contributed by atoms with van der Waals surface area (Å²) in [6.45, 7) is 0. The summed E-state index contributed by atoms with van der Waals surface area (Å²) in [4.78, 5) is 12.1. The molecule has 2 aromatic carbocycles. The zero-order valence-electron chi connectivity index (χ0n) is 15.4. The number of ether oxygens (including phenoxy) is 1. The zero-order chi connectivity index (χ0) is 18.9. The van der Waals surface area contributed by atoms with Crippen LogP contribution in [-0.4, -0.2) is 23.2 Å². The topological polar surface area (TPSA) is 64.1 Å². The van der Waals surface area contributed by atoms with Crippen LogP contribution < -0.4 is 10.1 Å². The summed E-state index contributed by atoms with van der Waals surface area (Å²) in [7, 11) is 1.66. The van der Waals surface area contributed by atoms with E-state index in [1.54, 1.807) is 7.11 Å². The van der Waals surface area contributed by atoms with Gasteiger partial charge in [-0.1, -0.05) is 53.8 Å². The Morgan fingerprint density at radius 2 is 1.70 bits per heavy atom. The van der Waals surface area contributed by atoms with Gasteiger partial charge in [0.25, 0.3) is 0 Å². The molecular formula is C21H23N3O2S. The second kappa shape index (κ2) is 9.83. The normalized spacial score (nSPS) is 10.6. The van der Waals surface area contributed by atoms with Crippen molar-refractivity contribution < 1.29 is 9.53 Å². The molecule has 0 atom stereocenters. The van der Waals surface area contributed by atoms with Crippen LogP contribution in [0.5, 0.6) is 5.75 Å². The van der Waals surface area contributed by atoms with E-state index in [0.29, 0.717) is 11.6 Å². The molecule has 0 unspecified atom stereocenters.